The van der Waals surface area contributed by atoms with Crippen LogP contribution in [-0.4, -0.2) is 19.0 Å². The molecule has 0 spiro atoms. The van der Waals surface area contributed by atoms with Crippen LogP contribution in [0.2, 0.25) is 0 Å². The molecule has 3 N–H and O–H groups in total. The molecule has 0 unspecified atom stereocenters. The van der Waals surface area contributed by atoms with Crippen LogP contribution in [0.3, 0.4) is 0 Å². The van der Waals surface area contributed by atoms with Crippen molar-refractivity contribution in [1.82, 2.24) is 5.43 Å². The molecule has 1 aliphatic rings. The fourth-order valence-electron chi connectivity index (χ4n) is 2.71. The molecule has 1 amide bonds. The smallest absolute Gasteiger partial charge is 0.241 e. The number of anilines is 1. The Balaban J connectivity index is 2.22. The van der Waals surface area contributed by atoms with E-state index in [1.807, 2.05) is 13.8 Å². The van der Waals surface area contributed by atoms with E-state index in [4.69, 9.17) is 5.84 Å². The molecule has 0 bridgehead atoms. The highest BCUT2D eigenvalue weighted by atomic mass is 16.2. The summed E-state index contributed by atoms with van der Waals surface area (Å²) in [6.45, 7) is 7.66. The van der Waals surface area contributed by atoms with Gasteiger partial charge in [0, 0.05) is 18.8 Å². The van der Waals surface area contributed by atoms with Gasteiger partial charge in [0.2, 0.25) is 5.91 Å². The van der Waals surface area contributed by atoms with Gasteiger partial charge in [-0.05, 0) is 45.2 Å². The Morgan fingerprint density at radius 3 is 2.89 bits per heavy atom. The van der Waals surface area contributed by atoms with Crippen molar-refractivity contribution in [3.8, 4) is 0 Å². The lowest BCUT2D eigenvalue weighted by atomic mass is 9.90. The minimum atomic E-state index is -0.492. The van der Waals surface area contributed by atoms with Gasteiger partial charge in [-0.1, -0.05) is 17.7 Å². The first kappa shape index (κ1) is 13.9. The van der Waals surface area contributed by atoms with Crippen LogP contribution in [-0.2, 0) is 11.2 Å². The number of hydrazine groups is 1. The number of nitrogens with zero attached hydrogens (tertiary/aromatic N) is 1. The Bertz CT molecular complexity index is 482. The molecule has 4 heteroatoms. The number of benzene rings is 1. The van der Waals surface area contributed by atoms with Crippen LogP contribution >= 0.6 is 0 Å². The van der Waals surface area contributed by atoms with Gasteiger partial charge >= 0.3 is 0 Å². The number of aryl methyl sites for hydroxylation is 2. The van der Waals surface area contributed by atoms with E-state index in [0.29, 0.717) is 6.54 Å². The molecule has 1 aromatic rings. The number of carbonyl (C=O) groups excluding carboxylic acids is 1. The lowest BCUT2D eigenvalue weighted by Crippen LogP contribution is -2.48. The van der Waals surface area contributed by atoms with Crippen LogP contribution in [0.15, 0.2) is 18.2 Å². The summed E-state index contributed by atoms with van der Waals surface area (Å²) in [5.74, 6) is 5.14. The van der Waals surface area contributed by atoms with Crippen LogP contribution in [0, 0.1) is 12.3 Å². The van der Waals surface area contributed by atoms with E-state index in [9.17, 15) is 4.79 Å². The molecule has 0 saturated heterocycles. The first-order valence-corrected chi connectivity index (χ1v) is 6.79. The lowest BCUT2D eigenvalue weighted by Gasteiger charge is -2.36. The summed E-state index contributed by atoms with van der Waals surface area (Å²) >= 11 is 0. The molecule has 0 aromatic heterocycles. The summed E-state index contributed by atoms with van der Waals surface area (Å²) in [5.41, 5.74) is 5.71. The zero-order valence-corrected chi connectivity index (χ0v) is 12.0. The summed E-state index contributed by atoms with van der Waals surface area (Å²) in [7, 11) is 0. The van der Waals surface area contributed by atoms with Gasteiger partial charge in [0.05, 0.1) is 5.41 Å². The second kappa shape index (κ2) is 5.21. The highest BCUT2D eigenvalue weighted by Gasteiger charge is 2.31. The lowest BCUT2D eigenvalue weighted by molar-refractivity contribution is -0.129. The third kappa shape index (κ3) is 2.89. The van der Waals surface area contributed by atoms with Gasteiger partial charge in [-0.15, -0.1) is 0 Å². The van der Waals surface area contributed by atoms with Crippen molar-refractivity contribution >= 4 is 11.6 Å². The molecule has 0 radical (unpaired) electrons. The van der Waals surface area contributed by atoms with Crippen LogP contribution < -0.4 is 16.2 Å². The number of rotatable bonds is 3. The Kier molecular flexibility index (Phi) is 3.80. The van der Waals surface area contributed by atoms with Gasteiger partial charge in [-0.3, -0.25) is 10.2 Å². The van der Waals surface area contributed by atoms with E-state index in [2.05, 4.69) is 35.4 Å². The van der Waals surface area contributed by atoms with E-state index in [1.165, 1.54) is 16.8 Å². The molecule has 1 aliphatic heterocycles. The zero-order valence-electron chi connectivity index (χ0n) is 12.0. The van der Waals surface area contributed by atoms with Gasteiger partial charge in [-0.25, -0.2) is 5.84 Å². The van der Waals surface area contributed by atoms with Gasteiger partial charge in [0.1, 0.15) is 0 Å². The average Bonchev–Trinajstić information content (AvgIpc) is 2.37. The van der Waals surface area contributed by atoms with Crippen molar-refractivity contribution in [1.29, 1.82) is 0 Å². The third-order valence-corrected chi connectivity index (χ3v) is 3.78. The van der Waals surface area contributed by atoms with E-state index in [1.54, 1.807) is 0 Å². The summed E-state index contributed by atoms with van der Waals surface area (Å²) in [6, 6.07) is 6.55. The first-order chi connectivity index (χ1) is 8.94. The van der Waals surface area contributed by atoms with E-state index in [0.717, 1.165) is 19.4 Å². The number of hydrogen-bond acceptors (Lipinski definition) is 3. The third-order valence-electron chi connectivity index (χ3n) is 3.78. The van der Waals surface area contributed by atoms with Gasteiger partial charge in [-0.2, -0.15) is 0 Å². The monoisotopic (exact) mass is 261 g/mol. The van der Waals surface area contributed by atoms with Crippen molar-refractivity contribution < 1.29 is 4.79 Å². The first-order valence-electron chi connectivity index (χ1n) is 6.79. The number of carbonyl (C=O) groups is 1. The topological polar surface area (TPSA) is 58.4 Å². The summed E-state index contributed by atoms with van der Waals surface area (Å²) in [6.07, 6.45) is 2.26. The summed E-state index contributed by atoms with van der Waals surface area (Å²) in [5, 5.41) is 0. The standard InChI is InChI=1S/C15H23N3O/c1-11-6-7-13-12(9-11)5-4-8-18(13)10-15(2,3)14(19)17-16/h6-7,9H,4-5,8,10,16H2,1-3H3,(H,17,19). The largest absolute Gasteiger partial charge is 0.370 e. The van der Waals surface area contributed by atoms with Crippen LogP contribution in [0.1, 0.15) is 31.4 Å². The SMILES string of the molecule is Cc1ccc2c(c1)CCCN2CC(C)(C)C(=O)NN. The maximum Gasteiger partial charge on any atom is 0.241 e. The quantitative estimate of drug-likeness (QED) is 0.495. The van der Waals surface area contributed by atoms with Crippen LogP contribution in [0.5, 0.6) is 0 Å². The predicted molar refractivity (Wildman–Crippen MR) is 77.8 cm³/mol. The minimum Gasteiger partial charge on any atom is -0.370 e. The van der Waals surface area contributed by atoms with Gasteiger partial charge in [0.15, 0.2) is 0 Å². The maximum absolute atomic E-state index is 11.8. The number of hydrogen-bond donors (Lipinski definition) is 2. The molecule has 1 aromatic carbocycles. The molecular formula is C15H23N3O. The van der Waals surface area contributed by atoms with Gasteiger partial charge < -0.3 is 4.90 Å². The normalized spacial score (nSPS) is 15.1. The highest BCUT2D eigenvalue weighted by Crippen LogP contribution is 2.30. The van der Waals surface area contributed by atoms with Crippen molar-refractivity contribution in [2.45, 2.75) is 33.6 Å². The number of nitrogens with two attached hydrogens (primary N) is 1. The fourth-order valence-corrected chi connectivity index (χ4v) is 2.71. The second-order valence-corrected chi connectivity index (χ2v) is 6.01. The Morgan fingerprint density at radius 1 is 1.47 bits per heavy atom. The maximum atomic E-state index is 11.8. The molecule has 1 heterocycles. The van der Waals surface area contributed by atoms with Crippen molar-refractivity contribution in [2.75, 3.05) is 18.0 Å². The molecule has 0 atom stereocenters. The average molecular weight is 261 g/mol. The molecule has 19 heavy (non-hydrogen) atoms. The molecule has 0 aliphatic carbocycles. The number of amides is 1. The van der Waals surface area contributed by atoms with Crippen molar-refractivity contribution in [2.24, 2.45) is 11.3 Å². The zero-order chi connectivity index (χ0) is 14.0. The predicted octanol–water partition coefficient (Wildman–Crippen LogP) is 1.76. The minimum absolute atomic E-state index is 0.119. The van der Waals surface area contributed by atoms with Crippen LogP contribution in [0.4, 0.5) is 5.69 Å². The molecule has 4 nitrogen and oxygen atoms in total. The Morgan fingerprint density at radius 2 is 2.21 bits per heavy atom. The second-order valence-electron chi connectivity index (χ2n) is 6.01. The summed E-state index contributed by atoms with van der Waals surface area (Å²) in [4.78, 5) is 14.1. The Hall–Kier alpha value is -1.55. The molecule has 0 saturated carbocycles. The van der Waals surface area contributed by atoms with Crippen molar-refractivity contribution in [3.05, 3.63) is 29.3 Å². The van der Waals surface area contributed by atoms with Gasteiger partial charge in [0.25, 0.3) is 0 Å². The van der Waals surface area contributed by atoms with Crippen LogP contribution in [0.25, 0.3) is 0 Å². The molecule has 104 valence electrons. The van der Waals surface area contributed by atoms with Crippen molar-refractivity contribution in [3.63, 3.8) is 0 Å². The number of nitrogens with one attached hydrogen (secondary N) is 1. The van der Waals surface area contributed by atoms with E-state index >= 15 is 0 Å². The fraction of sp³-hybridized carbons (Fsp3) is 0.533. The molecule has 2 rings (SSSR count). The van der Waals surface area contributed by atoms with E-state index in [-0.39, 0.29) is 5.91 Å². The molecule has 0 fully saturated rings. The molecular weight excluding hydrogens is 238 g/mol. The number of fused-ring (bicyclic) bond motifs is 1. The highest BCUT2D eigenvalue weighted by molar-refractivity contribution is 5.82. The Labute approximate surface area is 114 Å². The van der Waals surface area contributed by atoms with E-state index < -0.39 is 5.41 Å². The summed E-state index contributed by atoms with van der Waals surface area (Å²) < 4.78 is 0.